The summed E-state index contributed by atoms with van der Waals surface area (Å²) in [5.41, 5.74) is 0.483. The molecule has 3 heterocycles. The van der Waals surface area contributed by atoms with Gasteiger partial charge in [-0.2, -0.15) is 0 Å². The lowest BCUT2D eigenvalue weighted by molar-refractivity contribution is -0.146. The van der Waals surface area contributed by atoms with Crippen molar-refractivity contribution in [1.29, 1.82) is 0 Å². The maximum absolute atomic E-state index is 14.9. The number of carbonyl (C=O) groups excluding carboxylic acids is 3. The number of amides is 3. The first-order valence-corrected chi connectivity index (χ1v) is 17.1. The Labute approximate surface area is 279 Å². The first-order valence-electron chi connectivity index (χ1n) is 17.1. The van der Waals surface area contributed by atoms with E-state index in [0.717, 1.165) is 24.5 Å². The summed E-state index contributed by atoms with van der Waals surface area (Å²) in [5.74, 6) is -2.22. The van der Waals surface area contributed by atoms with Gasteiger partial charge in [0.05, 0.1) is 17.4 Å². The zero-order valence-electron chi connectivity index (χ0n) is 28.1. The van der Waals surface area contributed by atoms with E-state index in [1.54, 1.807) is 26.9 Å². The van der Waals surface area contributed by atoms with E-state index in [2.05, 4.69) is 31.9 Å². The van der Waals surface area contributed by atoms with Crippen LogP contribution in [-0.2, 0) is 19.1 Å². The van der Waals surface area contributed by atoms with E-state index in [9.17, 15) is 19.5 Å². The van der Waals surface area contributed by atoms with Crippen LogP contribution in [0.25, 0.3) is 0 Å². The number of benzene rings is 2. The van der Waals surface area contributed by atoms with Crippen LogP contribution in [0.4, 0.5) is 17.1 Å². The third-order valence-corrected chi connectivity index (χ3v) is 10.5. The number of hydrogen-bond donors (Lipinski definition) is 1. The van der Waals surface area contributed by atoms with Crippen LogP contribution in [0.3, 0.4) is 0 Å². The van der Waals surface area contributed by atoms with Gasteiger partial charge in [-0.25, -0.2) is 0 Å². The summed E-state index contributed by atoms with van der Waals surface area (Å²) in [6.07, 6.45) is 6.03. The lowest BCUT2D eigenvalue weighted by Gasteiger charge is -2.37. The Hall–Kier alpha value is -3.95. The topological polar surface area (TPSA) is 93.6 Å². The van der Waals surface area contributed by atoms with Crippen LogP contribution in [0.2, 0.25) is 0 Å². The van der Waals surface area contributed by atoms with Gasteiger partial charge >= 0.3 is 0 Å². The fourth-order valence-corrected chi connectivity index (χ4v) is 8.27. The molecule has 2 bridgehead atoms. The van der Waals surface area contributed by atoms with Crippen molar-refractivity contribution in [3.8, 4) is 0 Å². The van der Waals surface area contributed by atoms with Gasteiger partial charge in [0.1, 0.15) is 11.6 Å². The summed E-state index contributed by atoms with van der Waals surface area (Å²) in [7, 11) is 0. The fourth-order valence-electron chi connectivity index (χ4n) is 8.27. The highest BCUT2D eigenvalue weighted by atomic mass is 16.5. The van der Waals surface area contributed by atoms with Crippen LogP contribution < -0.4 is 14.7 Å². The molecule has 0 saturated carbocycles. The number of ether oxygens (including phenoxy) is 1. The second kappa shape index (κ2) is 14.4. The van der Waals surface area contributed by atoms with E-state index in [1.165, 1.54) is 0 Å². The van der Waals surface area contributed by atoms with Gasteiger partial charge in [0.25, 0.3) is 5.91 Å². The second-order valence-corrected chi connectivity index (χ2v) is 12.8. The number of aliphatic hydroxyl groups excluding tert-OH is 1. The Balaban J connectivity index is 1.58. The van der Waals surface area contributed by atoms with E-state index in [-0.39, 0.29) is 44.0 Å². The Morgan fingerprint density at radius 2 is 1.49 bits per heavy atom. The summed E-state index contributed by atoms with van der Waals surface area (Å²) in [4.78, 5) is 51.6. The van der Waals surface area contributed by atoms with Gasteiger partial charge in [0, 0.05) is 56.4 Å². The molecule has 1 N–H and O–H groups in total. The third kappa shape index (κ3) is 5.89. The first-order chi connectivity index (χ1) is 22.8. The molecule has 2 unspecified atom stereocenters. The standard InChI is InChI=1S/C38H50N4O5/c1-6-24-40(29-16-12-11-13-17-29)34(44)31-32-35(45)42(26-14-15-27-43)33(38(32)23-22-37(31,8-3)47-38)36(46)41(25-7-2)30-20-18-28(19-21-30)39(9-4)10-5/h6-7,11-13,16-21,31-33,43H,1-2,8-10,14-15,22-27H2,3-5H3/t31-,32+,33?,37+,38?/m1/s1. The quantitative estimate of drug-likeness (QED) is 0.200. The third-order valence-electron chi connectivity index (χ3n) is 10.5. The molecule has 3 aliphatic heterocycles. The van der Waals surface area contributed by atoms with E-state index in [1.807, 2.05) is 61.5 Å². The van der Waals surface area contributed by atoms with Gasteiger partial charge in [-0.05, 0) is 82.3 Å². The van der Waals surface area contributed by atoms with Crippen molar-refractivity contribution in [2.75, 3.05) is 54.0 Å². The molecule has 5 atom stereocenters. The highest BCUT2D eigenvalue weighted by Crippen LogP contribution is 2.64. The summed E-state index contributed by atoms with van der Waals surface area (Å²) in [6, 6.07) is 16.4. The zero-order valence-corrected chi connectivity index (χ0v) is 28.1. The minimum Gasteiger partial charge on any atom is -0.396 e. The van der Waals surface area contributed by atoms with Gasteiger partial charge in [0.2, 0.25) is 11.8 Å². The van der Waals surface area contributed by atoms with Crippen LogP contribution in [0.5, 0.6) is 0 Å². The average molecular weight is 643 g/mol. The molecule has 3 saturated heterocycles. The summed E-state index contributed by atoms with van der Waals surface area (Å²) in [5, 5.41) is 9.57. The highest BCUT2D eigenvalue weighted by Gasteiger charge is 2.79. The SMILES string of the molecule is C=CCN(C(=O)C1N(CCCCO)C(=O)[C@@H]2[C@H](C(=O)N(CC=C)c3ccccc3)[C@]3(CC)CCC12O3)c1ccc(N(CC)CC)cc1. The number of hydrogen-bond acceptors (Lipinski definition) is 6. The van der Waals surface area contributed by atoms with E-state index in [4.69, 9.17) is 4.74 Å². The molecule has 2 aromatic carbocycles. The molecule has 3 fully saturated rings. The molecule has 1 spiro atoms. The molecule has 3 aliphatic rings. The van der Waals surface area contributed by atoms with Gasteiger partial charge in [-0.1, -0.05) is 37.3 Å². The van der Waals surface area contributed by atoms with Crippen molar-refractivity contribution in [2.45, 2.75) is 70.1 Å². The van der Waals surface area contributed by atoms with Crippen LogP contribution >= 0.6 is 0 Å². The van der Waals surface area contributed by atoms with E-state index >= 15 is 0 Å². The molecule has 2 aromatic rings. The predicted molar refractivity (Wildman–Crippen MR) is 186 cm³/mol. The van der Waals surface area contributed by atoms with E-state index in [0.29, 0.717) is 37.8 Å². The van der Waals surface area contributed by atoms with E-state index < -0.39 is 29.1 Å². The molecular weight excluding hydrogens is 592 g/mol. The lowest BCUT2D eigenvalue weighted by Crippen LogP contribution is -2.56. The maximum Gasteiger partial charge on any atom is 0.253 e. The Morgan fingerprint density at radius 3 is 2.06 bits per heavy atom. The second-order valence-electron chi connectivity index (χ2n) is 12.8. The predicted octanol–water partition coefficient (Wildman–Crippen LogP) is 5.20. The largest absolute Gasteiger partial charge is 0.396 e. The van der Waals surface area contributed by atoms with Crippen LogP contribution in [-0.4, -0.2) is 84.3 Å². The van der Waals surface area contributed by atoms with Crippen molar-refractivity contribution >= 4 is 34.8 Å². The number of rotatable bonds is 16. The molecule has 0 radical (unpaired) electrons. The number of carbonyl (C=O) groups is 3. The summed E-state index contributed by atoms with van der Waals surface area (Å²) >= 11 is 0. The highest BCUT2D eigenvalue weighted by molar-refractivity contribution is 6.07. The van der Waals surface area contributed by atoms with Crippen molar-refractivity contribution < 1.29 is 24.2 Å². The maximum atomic E-state index is 14.9. The molecule has 9 nitrogen and oxygen atoms in total. The normalized spacial score (nSPS) is 25.8. The molecule has 47 heavy (non-hydrogen) atoms. The molecular formula is C38H50N4O5. The molecule has 9 heteroatoms. The number of para-hydroxylation sites is 1. The van der Waals surface area contributed by atoms with Crippen LogP contribution in [0.1, 0.15) is 52.9 Å². The summed E-state index contributed by atoms with van der Waals surface area (Å²) in [6.45, 7) is 16.6. The Morgan fingerprint density at radius 1 is 0.894 bits per heavy atom. The zero-order chi connectivity index (χ0) is 33.8. The average Bonchev–Trinajstić information content (AvgIpc) is 3.70. The number of unbranched alkanes of at least 4 members (excludes halogenated alkanes) is 1. The first kappa shape index (κ1) is 34.4. The fraction of sp³-hybridized carbons (Fsp3) is 0.500. The molecule has 252 valence electrons. The number of fused-ring (bicyclic) bond motifs is 1. The summed E-state index contributed by atoms with van der Waals surface area (Å²) < 4.78 is 7.04. The van der Waals surface area contributed by atoms with Crippen LogP contribution in [0.15, 0.2) is 79.9 Å². The van der Waals surface area contributed by atoms with Crippen molar-refractivity contribution in [3.05, 3.63) is 79.9 Å². The molecule has 3 amide bonds. The van der Waals surface area contributed by atoms with Gasteiger partial charge < -0.3 is 29.4 Å². The molecule has 0 aliphatic carbocycles. The van der Waals surface area contributed by atoms with Gasteiger partial charge in [-0.3, -0.25) is 14.4 Å². The van der Waals surface area contributed by atoms with Crippen molar-refractivity contribution in [1.82, 2.24) is 4.90 Å². The minimum absolute atomic E-state index is 0.0131. The molecule has 5 rings (SSSR count). The number of anilines is 3. The van der Waals surface area contributed by atoms with Crippen molar-refractivity contribution in [2.24, 2.45) is 11.8 Å². The smallest absolute Gasteiger partial charge is 0.253 e. The Kier molecular flexibility index (Phi) is 10.6. The number of likely N-dealkylation sites (tertiary alicyclic amines) is 1. The monoisotopic (exact) mass is 642 g/mol. The van der Waals surface area contributed by atoms with Gasteiger partial charge in [-0.15, -0.1) is 13.2 Å². The number of nitrogens with zero attached hydrogens (tertiary/aromatic N) is 4. The Bertz CT molecular complexity index is 1440. The van der Waals surface area contributed by atoms with Gasteiger partial charge in [0.15, 0.2) is 0 Å². The lowest BCUT2D eigenvalue weighted by atomic mass is 9.64. The van der Waals surface area contributed by atoms with Crippen molar-refractivity contribution in [3.63, 3.8) is 0 Å². The van der Waals surface area contributed by atoms with Crippen LogP contribution in [0, 0.1) is 11.8 Å². The number of aliphatic hydroxyl groups is 1. The molecule has 0 aromatic heterocycles. The minimum atomic E-state index is -1.15.